The molecule has 0 aliphatic rings. The van der Waals surface area contributed by atoms with Crippen molar-refractivity contribution in [3.8, 4) is 0 Å². The van der Waals surface area contributed by atoms with Crippen LogP contribution in [0.25, 0.3) is 0 Å². The number of amides is 2. The van der Waals surface area contributed by atoms with Crippen LogP contribution in [0.1, 0.15) is 34.0 Å². The number of benzene rings is 3. The Morgan fingerprint density at radius 1 is 0.895 bits per heavy atom. The van der Waals surface area contributed by atoms with E-state index in [1.807, 2.05) is 61.5 Å². The normalized spacial score (nSPS) is 11.9. The smallest absolute Gasteiger partial charge is 0.244 e. The van der Waals surface area contributed by atoms with Gasteiger partial charge in [0, 0.05) is 25.6 Å². The molecule has 1 atom stereocenters. The van der Waals surface area contributed by atoms with Crippen LogP contribution in [0.4, 0.5) is 5.69 Å². The van der Waals surface area contributed by atoms with E-state index in [1.165, 1.54) is 31.0 Å². The lowest BCUT2D eigenvalue weighted by Gasteiger charge is -2.33. The summed E-state index contributed by atoms with van der Waals surface area (Å²) in [6, 6.07) is 22.2. The van der Waals surface area contributed by atoms with Crippen LogP contribution in [0.3, 0.4) is 0 Å². The summed E-state index contributed by atoms with van der Waals surface area (Å²) in [5.41, 5.74) is 3.19. The van der Waals surface area contributed by atoms with Gasteiger partial charge in [-0.1, -0.05) is 72.3 Å². The third-order valence-corrected chi connectivity index (χ3v) is 7.31. The highest BCUT2D eigenvalue weighted by molar-refractivity contribution is 7.92. The number of hydrogen-bond donors (Lipinski definition) is 1. The predicted octanol–water partition coefficient (Wildman–Crippen LogP) is 3.35. The second-order valence-electron chi connectivity index (χ2n) is 9.21. The lowest BCUT2D eigenvalue weighted by atomic mass is 10.0. The van der Waals surface area contributed by atoms with Crippen LogP contribution in [0, 0.1) is 6.92 Å². The van der Waals surface area contributed by atoms with Gasteiger partial charge in [-0.2, -0.15) is 0 Å². The van der Waals surface area contributed by atoms with E-state index in [1.54, 1.807) is 12.1 Å². The van der Waals surface area contributed by atoms with Crippen LogP contribution in [0.5, 0.6) is 0 Å². The maximum absolute atomic E-state index is 13.9. The lowest BCUT2D eigenvalue weighted by molar-refractivity contribution is -0.139. The molecule has 0 aromatic heterocycles. The van der Waals surface area contributed by atoms with Crippen molar-refractivity contribution in [2.24, 2.45) is 0 Å². The second kappa shape index (κ2) is 12.5. The van der Waals surface area contributed by atoms with Crippen LogP contribution in [-0.4, -0.2) is 56.8 Å². The van der Waals surface area contributed by atoms with Gasteiger partial charge >= 0.3 is 0 Å². The number of Topliss-reactive ketones (excluding diaryl/α,β-unsaturated/α-hetero) is 1. The molecule has 3 aromatic carbocycles. The molecule has 1 N–H and O–H groups in total. The van der Waals surface area contributed by atoms with E-state index < -0.39 is 28.5 Å². The first kappa shape index (κ1) is 28.6. The Kier molecular flexibility index (Phi) is 9.41. The number of carbonyl (C=O) groups is 3. The van der Waals surface area contributed by atoms with Gasteiger partial charge in [0.15, 0.2) is 5.78 Å². The van der Waals surface area contributed by atoms with Gasteiger partial charge in [0.25, 0.3) is 0 Å². The van der Waals surface area contributed by atoms with E-state index >= 15 is 0 Å². The molecule has 0 aliphatic heterocycles. The summed E-state index contributed by atoms with van der Waals surface area (Å²) in [7, 11) is -2.40. The number of aryl methyl sites for hydroxylation is 1. The topological polar surface area (TPSA) is 104 Å². The summed E-state index contributed by atoms with van der Waals surface area (Å²) in [5, 5.41) is 2.65. The molecule has 0 spiro atoms. The summed E-state index contributed by atoms with van der Waals surface area (Å²) in [5.74, 6) is -1.13. The summed E-state index contributed by atoms with van der Waals surface area (Å²) in [4.78, 5) is 40.4. The van der Waals surface area contributed by atoms with E-state index in [-0.39, 0.29) is 30.3 Å². The van der Waals surface area contributed by atoms with Gasteiger partial charge in [-0.15, -0.1) is 0 Å². The number of anilines is 1. The fraction of sp³-hybridized carbons (Fsp3) is 0.276. The molecule has 2 amide bonds. The molecule has 9 heteroatoms. The number of sulfonamides is 1. The number of carbonyl (C=O) groups excluding carboxylic acids is 3. The van der Waals surface area contributed by atoms with Crippen molar-refractivity contribution in [2.45, 2.75) is 32.9 Å². The predicted molar refractivity (Wildman–Crippen MR) is 148 cm³/mol. The maximum Gasteiger partial charge on any atom is 0.244 e. The molecule has 8 nitrogen and oxygen atoms in total. The van der Waals surface area contributed by atoms with Gasteiger partial charge in [0.2, 0.25) is 21.8 Å². The molecule has 0 fully saturated rings. The van der Waals surface area contributed by atoms with Crippen LogP contribution in [0.2, 0.25) is 0 Å². The van der Waals surface area contributed by atoms with Gasteiger partial charge in [0.05, 0.1) is 11.9 Å². The minimum absolute atomic E-state index is 0.108. The summed E-state index contributed by atoms with van der Waals surface area (Å²) in [6.07, 6.45) is 1.25. The van der Waals surface area contributed by atoms with Crippen molar-refractivity contribution in [3.05, 3.63) is 101 Å². The van der Waals surface area contributed by atoms with E-state index in [4.69, 9.17) is 0 Å². The number of nitrogens with zero attached hydrogens (tertiary/aromatic N) is 2. The molecule has 1 unspecified atom stereocenters. The standard InChI is InChI=1S/C29H33N3O5S/c1-21-10-8-13-24(16-21)19-31(27(29(35)30-3)17-23-11-6-5-7-12-23)28(34)20-32(38(4,36)37)26-15-9-14-25(18-26)22(2)33/h5-16,18,27H,17,19-20H2,1-4H3,(H,30,35). The lowest BCUT2D eigenvalue weighted by Crippen LogP contribution is -2.52. The van der Waals surface area contributed by atoms with Gasteiger partial charge in [-0.05, 0) is 37.1 Å². The number of rotatable bonds is 11. The third-order valence-electron chi connectivity index (χ3n) is 6.17. The van der Waals surface area contributed by atoms with Crippen LogP contribution >= 0.6 is 0 Å². The van der Waals surface area contributed by atoms with Crippen molar-refractivity contribution >= 4 is 33.3 Å². The van der Waals surface area contributed by atoms with Crippen molar-refractivity contribution in [2.75, 3.05) is 24.2 Å². The molecule has 0 saturated heterocycles. The zero-order valence-corrected chi connectivity index (χ0v) is 22.9. The zero-order valence-electron chi connectivity index (χ0n) is 22.0. The molecular weight excluding hydrogens is 502 g/mol. The number of likely N-dealkylation sites (N-methyl/N-ethyl adjacent to an activating group) is 1. The Morgan fingerprint density at radius 2 is 1.55 bits per heavy atom. The first-order valence-corrected chi connectivity index (χ1v) is 14.0. The highest BCUT2D eigenvalue weighted by atomic mass is 32.2. The Morgan fingerprint density at radius 3 is 2.16 bits per heavy atom. The minimum atomic E-state index is -3.90. The van der Waals surface area contributed by atoms with Gasteiger partial charge in [-0.25, -0.2) is 8.42 Å². The molecule has 0 heterocycles. The Hall–Kier alpha value is -3.98. The highest BCUT2D eigenvalue weighted by Gasteiger charge is 2.32. The molecule has 200 valence electrons. The van der Waals surface area contributed by atoms with Crippen molar-refractivity contribution in [3.63, 3.8) is 0 Å². The largest absolute Gasteiger partial charge is 0.357 e. The average Bonchev–Trinajstić information content (AvgIpc) is 2.88. The van der Waals surface area contributed by atoms with Crippen molar-refractivity contribution in [1.82, 2.24) is 10.2 Å². The summed E-state index contributed by atoms with van der Waals surface area (Å²) in [6.45, 7) is 2.89. The second-order valence-corrected chi connectivity index (χ2v) is 11.1. The molecule has 3 aromatic rings. The van der Waals surface area contributed by atoms with Crippen LogP contribution < -0.4 is 9.62 Å². The Labute approximate surface area is 224 Å². The fourth-order valence-corrected chi connectivity index (χ4v) is 5.06. The number of ketones is 1. The van der Waals surface area contributed by atoms with Gasteiger partial charge < -0.3 is 10.2 Å². The Bertz CT molecular complexity index is 1410. The molecule has 0 radical (unpaired) electrons. The average molecular weight is 536 g/mol. The summed E-state index contributed by atoms with van der Waals surface area (Å²) < 4.78 is 26.6. The maximum atomic E-state index is 13.9. The molecule has 38 heavy (non-hydrogen) atoms. The first-order chi connectivity index (χ1) is 18.0. The van der Waals surface area contributed by atoms with Crippen LogP contribution in [0.15, 0.2) is 78.9 Å². The van der Waals surface area contributed by atoms with E-state index in [2.05, 4.69) is 5.32 Å². The van der Waals surface area contributed by atoms with E-state index in [0.29, 0.717) is 5.56 Å². The molecule has 0 saturated carbocycles. The van der Waals surface area contributed by atoms with Crippen LogP contribution in [-0.2, 0) is 32.6 Å². The molecule has 0 bridgehead atoms. The fourth-order valence-electron chi connectivity index (χ4n) is 4.22. The van der Waals surface area contributed by atoms with E-state index in [9.17, 15) is 22.8 Å². The van der Waals surface area contributed by atoms with E-state index in [0.717, 1.165) is 27.3 Å². The first-order valence-electron chi connectivity index (χ1n) is 12.2. The molecular formula is C29H33N3O5S. The highest BCUT2D eigenvalue weighted by Crippen LogP contribution is 2.22. The quantitative estimate of drug-likeness (QED) is 0.379. The monoisotopic (exact) mass is 535 g/mol. The molecule has 3 rings (SSSR count). The molecule has 0 aliphatic carbocycles. The number of hydrogen-bond acceptors (Lipinski definition) is 5. The third kappa shape index (κ3) is 7.52. The van der Waals surface area contributed by atoms with Crippen molar-refractivity contribution in [1.29, 1.82) is 0 Å². The summed E-state index contributed by atoms with van der Waals surface area (Å²) >= 11 is 0. The minimum Gasteiger partial charge on any atom is -0.357 e. The van der Waals surface area contributed by atoms with Crippen molar-refractivity contribution < 1.29 is 22.8 Å². The SMILES string of the molecule is CNC(=O)C(Cc1ccccc1)N(Cc1cccc(C)c1)C(=O)CN(c1cccc(C(C)=O)c1)S(C)(=O)=O. The zero-order chi connectivity index (χ0) is 27.9. The van der Waals surface area contributed by atoms with Gasteiger partial charge in [-0.3, -0.25) is 18.7 Å². The van der Waals surface area contributed by atoms with Gasteiger partial charge in [0.1, 0.15) is 12.6 Å². The number of nitrogens with one attached hydrogen (secondary N) is 1. The Balaban J connectivity index is 2.04.